The number of nitrogens with zero attached hydrogens (tertiary/aromatic N) is 1. The molecule has 0 bridgehead atoms. The van der Waals surface area contributed by atoms with E-state index < -0.39 is 12.0 Å². The van der Waals surface area contributed by atoms with Crippen molar-refractivity contribution in [1.29, 1.82) is 0 Å². The normalized spacial score (nSPS) is 11.9. The van der Waals surface area contributed by atoms with Gasteiger partial charge in [0.1, 0.15) is 6.04 Å². The van der Waals surface area contributed by atoms with Gasteiger partial charge in [-0.1, -0.05) is 24.3 Å². The number of nitrogens with two attached hydrogens (primary N) is 1. The average molecular weight is 296 g/mol. The van der Waals surface area contributed by atoms with Gasteiger partial charge >= 0.3 is 5.97 Å². The molecule has 0 fully saturated rings. The zero-order valence-corrected chi connectivity index (χ0v) is 12.5. The SMILES string of the molecule is Cc1ccccc1CN(C)C(=O)CSCC(N)C(=O)O. The number of hydrogen-bond donors (Lipinski definition) is 2. The molecule has 1 unspecified atom stereocenters. The van der Waals surface area contributed by atoms with Crippen molar-refractivity contribution < 1.29 is 14.7 Å². The second kappa shape index (κ2) is 7.91. The van der Waals surface area contributed by atoms with E-state index in [2.05, 4.69) is 0 Å². The summed E-state index contributed by atoms with van der Waals surface area (Å²) >= 11 is 1.24. The third-order valence-electron chi connectivity index (χ3n) is 2.93. The minimum atomic E-state index is -1.04. The van der Waals surface area contributed by atoms with Gasteiger partial charge in [-0.05, 0) is 18.1 Å². The van der Waals surface area contributed by atoms with Crippen LogP contribution in [0, 0.1) is 6.92 Å². The van der Waals surface area contributed by atoms with Gasteiger partial charge in [-0.2, -0.15) is 0 Å². The smallest absolute Gasteiger partial charge is 0.321 e. The zero-order valence-electron chi connectivity index (χ0n) is 11.7. The molecule has 1 atom stereocenters. The quantitative estimate of drug-likeness (QED) is 0.787. The molecular formula is C14H20N2O3S. The fourth-order valence-corrected chi connectivity index (χ4v) is 2.50. The van der Waals surface area contributed by atoms with E-state index in [1.54, 1.807) is 11.9 Å². The molecule has 1 amide bonds. The highest BCUT2D eigenvalue weighted by Gasteiger charge is 2.14. The summed E-state index contributed by atoms with van der Waals surface area (Å²) < 4.78 is 0. The Morgan fingerprint density at radius 3 is 2.65 bits per heavy atom. The highest BCUT2D eigenvalue weighted by Crippen LogP contribution is 2.11. The number of rotatable bonds is 7. The topological polar surface area (TPSA) is 83.6 Å². The molecule has 0 radical (unpaired) electrons. The maximum absolute atomic E-state index is 11.9. The predicted octanol–water partition coefficient (Wildman–Crippen LogP) is 1.10. The molecule has 3 N–H and O–H groups in total. The standard InChI is InChI=1S/C14H20N2O3S/c1-10-5-3-4-6-11(10)7-16(2)13(17)9-20-8-12(15)14(18)19/h3-6,12H,7-9,15H2,1-2H3,(H,18,19). The van der Waals surface area contributed by atoms with Gasteiger partial charge < -0.3 is 15.7 Å². The van der Waals surface area contributed by atoms with Gasteiger partial charge in [-0.25, -0.2) is 0 Å². The summed E-state index contributed by atoms with van der Waals surface area (Å²) in [5, 5.41) is 8.65. The number of carbonyl (C=O) groups is 2. The lowest BCUT2D eigenvalue weighted by atomic mass is 10.1. The third kappa shape index (κ3) is 5.22. The average Bonchev–Trinajstić information content (AvgIpc) is 2.40. The highest BCUT2D eigenvalue weighted by atomic mass is 32.2. The lowest BCUT2D eigenvalue weighted by Crippen LogP contribution is -2.34. The molecule has 0 aromatic heterocycles. The van der Waals surface area contributed by atoms with E-state index in [4.69, 9.17) is 10.8 Å². The Morgan fingerprint density at radius 1 is 1.40 bits per heavy atom. The zero-order chi connectivity index (χ0) is 15.1. The van der Waals surface area contributed by atoms with Crippen LogP contribution in [0.5, 0.6) is 0 Å². The minimum absolute atomic E-state index is 0.0316. The van der Waals surface area contributed by atoms with Gasteiger partial charge in [0.05, 0.1) is 5.75 Å². The molecule has 0 saturated carbocycles. The van der Waals surface area contributed by atoms with Gasteiger partial charge in [0, 0.05) is 19.3 Å². The maximum atomic E-state index is 11.9. The summed E-state index contributed by atoms with van der Waals surface area (Å²) in [5.41, 5.74) is 7.63. The van der Waals surface area contributed by atoms with Crippen molar-refractivity contribution >= 4 is 23.6 Å². The Bertz CT molecular complexity index is 479. The molecular weight excluding hydrogens is 276 g/mol. The molecule has 20 heavy (non-hydrogen) atoms. The Hall–Kier alpha value is -1.53. The number of carboxylic acids is 1. The molecule has 1 aromatic carbocycles. The molecule has 1 rings (SSSR count). The van der Waals surface area contributed by atoms with Crippen LogP contribution in [0.25, 0.3) is 0 Å². The van der Waals surface area contributed by atoms with E-state index in [1.165, 1.54) is 11.8 Å². The first kappa shape index (κ1) is 16.5. The van der Waals surface area contributed by atoms with Gasteiger partial charge in [0.15, 0.2) is 0 Å². The Morgan fingerprint density at radius 2 is 2.05 bits per heavy atom. The van der Waals surface area contributed by atoms with Crippen LogP contribution in [0.15, 0.2) is 24.3 Å². The first-order valence-corrected chi connectivity index (χ1v) is 7.42. The van der Waals surface area contributed by atoms with E-state index in [0.29, 0.717) is 6.54 Å². The number of aliphatic carboxylic acids is 1. The van der Waals surface area contributed by atoms with Crippen LogP contribution in [-0.2, 0) is 16.1 Å². The summed E-state index contributed by atoms with van der Waals surface area (Å²) in [6.45, 7) is 2.56. The lowest BCUT2D eigenvalue weighted by molar-refractivity contribution is -0.138. The number of carbonyl (C=O) groups excluding carboxylic acids is 1. The second-order valence-electron chi connectivity index (χ2n) is 4.64. The van der Waals surface area contributed by atoms with E-state index in [-0.39, 0.29) is 17.4 Å². The molecule has 1 aromatic rings. The Labute approximate surface area is 123 Å². The van der Waals surface area contributed by atoms with Gasteiger partial charge in [0.2, 0.25) is 5.91 Å². The highest BCUT2D eigenvalue weighted by molar-refractivity contribution is 8.00. The maximum Gasteiger partial charge on any atom is 0.321 e. The Kier molecular flexibility index (Phi) is 6.54. The third-order valence-corrected chi connectivity index (χ3v) is 3.98. The molecule has 110 valence electrons. The van der Waals surface area contributed by atoms with Crippen LogP contribution >= 0.6 is 11.8 Å². The molecule has 0 aliphatic carbocycles. The first-order valence-electron chi connectivity index (χ1n) is 6.26. The number of benzene rings is 1. The Balaban J connectivity index is 2.40. The van der Waals surface area contributed by atoms with Crippen LogP contribution in [-0.4, -0.2) is 46.5 Å². The van der Waals surface area contributed by atoms with Crippen molar-refractivity contribution in [3.05, 3.63) is 35.4 Å². The number of thioether (sulfide) groups is 1. The molecule has 6 heteroatoms. The fourth-order valence-electron chi connectivity index (χ4n) is 1.59. The molecule has 0 aliphatic rings. The monoisotopic (exact) mass is 296 g/mol. The van der Waals surface area contributed by atoms with Crippen LogP contribution in [0.4, 0.5) is 0 Å². The number of hydrogen-bond acceptors (Lipinski definition) is 4. The summed E-state index contributed by atoms with van der Waals surface area (Å²) in [5.74, 6) is -0.600. The number of amides is 1. The van der Waals surface area contributed by atoms with Crippen LogP contribution < -0.4 is 5.73 Å². The summed E-state index contributed by atoms with van der Waals surface area (Å²) in [4.78, 5) is 24.1. The van der Waals surface area contributed by atoms with Crippen molar-refractivity contribution in [3.63, 3.8) is 0 Å². The molecule has 0 aliphatic heterocycles. The summed E-state index contributed by atoms with van der Waals surface area (Å²) in [7, 11) is 1.74. The van der Waals surface area contributed by atoms with E-state index >= 15 is 0 Å². The van der Waals surface area contributed by atoms with E-state index in [1.807, 2.05) is 31.2 Å². The van der Waals surface area contributed by atoms with Crippen LogP contribution in [0.3, 0.4) is 0 Å². The van der Waals surface area contributed by atoms with Gasteiger partial charge in [-0.15, -0.1) is 11.8 Å². The largest absolute Gasteiger partial charge is 0.480 e. The molecule has 0 heterocycles. The number of aryl methyl sites for hydroxylation is 1. The van der Waals surface area contributed by atoms with E-state index in [9.17, 15) is 9.59 Å². The van der Waals surface area contributed by atoms with Gasteiger partial charge in [-0.3, -0.25) is 9.59 Å². The molecule has 0 spiro atoms. The minimum Gasteiger partial charge on any atom is -0.480 e. The molecule has 0 saturated heterocycles. The second-order valence-corrected chi connectivity index (χ2v) is 5.67. The molecule has 5 nitrogen and oxygen atoms in total. The predicted molar refractivity (Wildman–Crippen MR) is 80.6 cm³/mol. The summed E-state index contributed by atoms with van der Waals surface area (Å²) in [6, 6.07) is 6.99. The van der Waals surface area contributed by atoms with Crippen molar-refractivity contribution in [2.75, 3.05) is 18.6 Å². The summed E-state index contributed by atoms with van der Waals surface area (Å²) in [6.07, 6.45) is 0. The number of carboxylic acid groups (broad SMARTS) is 1. The van der Waals surface area contributed by atoms with E-state index in [0.717, 1.165) is 11.1 Å². The lowest BCUT2D eigenvalue weighted by Gasteiger charge is -2.18. The van der Waals surface area contributed by atoms with Gasteiger partial charge in [0.25, 0.3) is 0 Å². The first-order chi connectivity index (χ1) is 9.41. The fraction of sp³-hybridized carbons (Fsp3) is 0.429. The van der Waals surface area contributed by atoms with Crippen LogP contribution in [0.1, 0.15) is 11.1 Å². The van der Waals surface area contributed by atoms with Crippen LogP contribution in [0.2, 0.25) is 0 Å². The van der Waals surface area contributed by atoms with Crippen molar-refractivity contribution in [2.45, 2.75) is 19.5 Å². The van der Waals surface area contributed by atoms with Crippen molar-refractivity contribution in [1.82, 2.24) is 4.90 Å². The van der Waals surface area contributed by atoms with Crippen molar-refractivity contribution in [2.24, 2.45) is 5.73 Å². The van der Waals surface area contributed by atoms with Crippen molar-refractivity contribution in [3.8, 4) is 0 Å².